The van der Waals surface area contributed by atoms with Crippen molar-refractivity contribution in [2.75, 3.05) is 5.32 Å². The summed E-state index contributed by atoms with van der Waals surface area (Å²) in [5.41, 5.74) is 0.160. The summed E-state index contributed by atoms with van der Waals surface area (Å²) in [4.78, 5) is 12.2. The Morgan fingerprint density at radius 2 is 2.37 bits per heavy atom. The van der Waals surface area contributed by atoms with Gasteiger partial charge in [-0.2, -0.15) is 5.10 Å². The second-order valence-electron chi connectivity index (χ2n) is 4.63. The minimum absolute atomic E-state index is 0.195. The molecule has 100 valence electrons. The largest absolute Gasteiger partial charge is 0.372 e. The summed E-state index contributed by atoms with van der Waals surface area (Å²) in [6, 6.07) is 1.73. The van der Waals surface area contributed by atoms with Gasteiger partial charge in [0, 0.05) is 12.6 Å². The third-order valence-corrected chi connectivity index (χ3v) is 3.34. The number of nitrogens with one attached hydrogen (secondary N) is 1. The Morgan fingerprint density at radius 1 is 1.53 bits per heavy atom. The zero-order valence-corrected chi connectivity index (χ0v) is 10.9. The van der Waals surface area contributed by atoms with Crippen molar-refractivity contribution >= 4 is 17.3 Å². The molecule has 3 rings (SSSR count). The van der Waals surface area contributed by atoms with Gasteiger partial charge < -0.3 is 9.84 Å². The molecule has 2 heterocycles. The first-order chi connectivity index (χ1) is 9.24. The molecule has 2 aromatic rings. The molecule has 0 aromatic carbocycles. The second kappa shape index (κ2) is 5.05. The highest BCUT2D eigenvalue weighted by molar-refractivity contribution is 6.32. The molecule has 1 saturated carbocycles. The van der Waals surface area contributed by atoms with Crippen molar-refractivity contribution in [1.82, 2.24) is 14.9 Å². The van der Waals surface area contributed by atoms with E-state index in [0.717, 1.165) is 12.8 Å². The molecule has 0 radical (unpaired) electrons. The van der Waals surface area contributed by atoms with E-state index in [0.29, 0.717) is 35.5 Å². The van der Waals surface area contributed by atoms with Gasteiger partial charge in [0.05, 0.1) is 24.0 Å². The number of rotatable bonds is 5. The Labute approximate surface area is 114 Å². The van der Waals surface area contributed by atoms with Crippen molar-refractivity contribution in [3.8, 4) is 0 Å². The van der Waals surface area contributed by atoms with Crippen LogP contribution >= 0.6 is 11.6 Å². The molecular formula is C12H13ClN4O2. The molecule has 0 atom stereocenters. The fourth-order valence-corrected chi connectivity index (χ4v) is 2.00. The van der Waals surface area contributed by atoms with Gasteiger partial charge in [-0.1, -0.05) is 16.8 Å². The van der Waals surface area contributed by atoms with Gasteiger partial charge in [0.15, 0.2) is 5.76 Å². The number of halogens is 1. The van der Waals surface area contributed by atoms with Crippen LogP contribution in [0, 0.1) is 5.92 Å². The van der Waals surface area contributed by atoms with Crippen molar-refractivity contribution in [2.45, 2.75) is 25.9 Å². The Hall–Kier alpha value is -1.82. The lowest BCUT2D eigenvalue weighted by molar-refractivity contribution is 0.388. The van der Waals surface area contributed by atoms with E-state index in [2.05, 4.69) is 15.6 Å². The van der Waals surface area contributed by atoms with Crippen molar-refractivity contribution in [2.24, 2.45) is 5.92 Å². The first-order valence-corrected chi connectivity index (χ1v) is 6.51. The van der Waals surface area contributed by atoms with Gasteiger partial charge >= 0.3 is 0 Å². The maximum absolute atomic E-state index is 12.2. The van der Waals surface area contributed by atoms with E-state index in [1.807, 2.05) is 0 Å². The van der Waals surface area contributed by atoms with Crippen LogP contribution in [0.25, 0.3) is 0 Å². The topological polar surface area (TPSA) is 73.0 Å². The normalized spacial score (nSPS) is 14.6. The Kier molecular flexibility index (Phi) is 3.25. The minimum atomic E-state index is -0.195. The van der Waals surface area contributed by atoms with Crippen molar-refractivity contribution < 1.29 is 4.52 Å². The Balaban J connectivity index is 1.80. The van der Waals surface area contributed by atoms with Crippen molar-refractivity contribution in [3.05, 3.63) is 39.6 Å². The third kappa shape index (κ3) is 2.78. The van der Waals surface area contributed by atoms with Crippen LogP contribution < -0.4 is 10.9 Å². The van der Waals surface area contributed by atoms with E-state index in [1.165, 1.54) is 10.9 Å². The van der Waals surface area contributed by atoms with Crippen LogP contribution in [0.15, 0.2) is 27.8 Å². The highest BCUT2D eigenvalue weighted by Crippen LogP contribution is 2.30. The predicted molar refractivity (Wildman–Crippen MR) is 70.1 cm³/mol. The SMILES string of the molecule is O=c1c(NCc2ccno2)c(Cl)cnn1CC1CC1. The molecule has 0 bridgehead atoms. The number of hydrogen-bond donors (Lipinski definition) is 1. The molecule has 1 fully saturated rings. The molecule has 0 amide bonds. The molecule has 0 unspecified atom stereocenters. The molecule has 19 heavy (non-hydrogen) atoms. The van der Waals surface area contributed by atoms with Crippen molar-refractivity contribution in [1.29, 1.82) is 0 Å². The molecule has 0 aliphatic heterocycles. The molecule has 0 spiro atoms. The summed E-state index contributed by atoms with van der Waals surface area (Å²) in [6.45, 7) is 1.02. The van der Waals surface area contributed by atoms with Crippen LogP contribution in [-0.4, -0.2) is 14.9 Å². The predicted octanol–water partition coefficient (Wildman–Crippen LogP) is 1.91. The minimum Gasteiger partial charge on any atom is -0.372 e. The molecule has 2 aromatic heterocycles. The lowest BCUT2D eigenvalue weighted by atomic mass is 10.4. The van der Waals surface area contributed by atoms with Crippen molar-refractivity contribution in [3.63, 3.8) is 0 Å². The van der Waals surface area contributed by atoms with Gasteiger partial charge in [-0.15, -0.1) is 0 Å². The molecule has 6 nitrogen and oxygen atoms in total. The zero-order chi connectivity index (χ0) is 13.2. The van der Waals surface area contributed by atoms with E-state index in [9.17, 15) is 4.79 Å². The zero-order valence-electron chi connectivity index (χ0n) is 10.2. The van der Waals surface area contributed by atoms with Gasteiger partial charge in [0.25, 0.3) is 5.56 Å². The van der Waals surface area contributed by atoms with Gasteiger partial charge in [-0.25, -0.2) is 4.68 Å². The van der Waals surface area contributed by atoms with E-state index in [4.69, 9.17) is 16.1 Å². The average molecular weight is 281 g/mol. The quantitative estimate of drug-likeness (QED) is 0.906. The summed E-state index contributed by atoms with van der Waals surface area (Å²) in [5, 5.41) is 11.0. The average Bonchev–Trinajstić information content (AvgIpc) is 3.06. The van der Waals surface area contributed by atoms with Crippen LogP contribution in [0.4, 0.5) is 5.69 Å². The maximum Gasteiger partial charge on any atom is 0.291 e. The third-order valence-electron chi connectivity index (χ3n) is 3.06. The fourth-order valence-electron chi connectivity index (χ4n) is 1.81. The van der Waals surface area contributed by atoms with Crippen LogP contribution in [-0.2, 0) is 13.1 Å². The summed E-state index contributed by atoms with van der Waals surface area (Å²) < 4.78 is 6.42. The molecule has 0 saturated heterocycles. The standard InChI is InChI=1S/C12H13ClN4O2/c13-10-6-15-17(7-8-1-2-8)12(18)11(10)14-5-9-3-4-16-19-9/h3-4,6,8,14H,1-2,5,7H2. The number of anilines is 1. The van der Waals surface area contributed by atoms with Gasteiger partial charge in [-0.05, 0) is 18.8 Å². The molecule has 1 aliphatic carbocycles. The lowest BCUT2D eigenvalue weighted by Crippen LogP contribution is -2.26. The fraction of sp³-hybridized carbons (Fsp3) is 0.417. The van der Waals surface area contributed by atoms with E-state index < -0.39 is 0 Å². The smallest absolute Gasteiger partial charge is 0.291 e. The monoisotopic (exact) mass is 280 g/mol. The second-order valence-corrected chi connectivity index (χ2v) is 5.04. The molecular weight excluding hydrogens is 268 g/mol. The van der Waals surface area contributed by atoms with Gasteiger partial charge in [0.1, 0.15) is 5.69 Å². The maximum atomic E-state index is 12.2. The summed E-state index contributed by atoms with van der Waals surface area (Å²) in [5.74, 6) is 1.22. The number of nitrogens with zero attached hydrogens (tertiary/aromatic N) is 3. The molecule has 7 heteroatoms. The molecule has 1 N–H and O–H groups in total. The van der Waals surface area contributed by atoms with Gasteiger partial charge in [0.2, 0.25) is 0 Å². The summed E-state index contributed by atoms with van der Waals surface area (Å²) >= 11 is 6.01. The van der Waals surface area contributed by atoms with E-state index in [-0.39, 0.29) is 5.56 Å². The Bertz CT molecular complexity index is 619. The van der Waals surface area contributed by atoms with E-state index in [1.54, 1.807) is 12.3 Å². The summed E-state index contributed by atoms with van der Waals surface area (Å²) in [6.07, 6.45) is 5.37. The first-order valence-electron chi connectivity index (χ1n) is 6.13. The lowest BCUT2D eigenvalue weighted by Gasteiger charge is -2.09. The molecule has 1 aliphatic rings. The van der Waals surface area contributed by atoms with Gasteiger partial charge in [-0.3, -0.25) is 4.79 Å². The van der Waals surface area contributed by atoms with Crippen LogP contribution in [0.3, 0.4) is 0 Å². The number of hydrogen-bond acceptors (Lipinski definition) is 5. The first kappa shape index (κ1) is 12.2. The van der Waals surface area contributed by atoms with Crippen LogP contribution in [0.5, 0.6) is 0 Å². The van der Waals surface area contributed by atoms with Crippen LogP contribution in [0.1, 0.15) is 18.6 Å². The van der Waals surface area contributed by atoms with Crippen LogP contribution in [0.2, 0.25) is 5.02 Å². The summed E-state index contributed by atoms with van der Waals surface area (Å²) in [7, 11) is 0. The number of aromatic nitrogens is 3. The van der Waals surface area contributed by atoms with E-state index >= 15 is 0 Å². The highest BCUT2D eigenvalue weighted by atomic mass is 35.5. The Morgan fingerprint density at radius 3 is 3.05 bits per heavy atom. The highest BCUT2D eigenvalue weighted by Gasteiger charge is 2.23.